The first-order chi connectivity index (χ1) is 8.19. The van der Waals surface area contributed by atoms with Gasteiger partial charge >= 0.3 is 0 Å². The molecule has 18 heavy (non-hydrogen) atoms. The maximum atomic E-state index is 11.5. The molecule has 0 heterocycles. The number of rotatable bonds is 7. The van der Waals surface area contributed by atoms with Crippen LogP contribution in [0.4, 0.5) is 0 Å². The second kappa shape index (κ2) is 7.33. The normalized spacial score (nSPS) is 13.3. The van der Waals surface area contributed by atoms with Crippen LogP contribution in [0.2, 0.25) is 0 Å². The molecule has 0 aromatic rings. The highest BCUT2D eigenvalue weighted by Crippen LogP contribution is 2.04. The van der Waals surface area contributed by atoms with Crippen molar-refractivity contribution < 1.29 is 14.3 Å². The van der Waals surface area contributed by atoms with Gasteiger partial charge in [0.15, 0.2) is 0 Å². The summed E-state index contributed by atoms with van der Waals surface area (Å²) >= 11 is 0. The van der Waals surface area contributed by atoms with Crippen LogP contribution in [-0.2, 0) is 14.3 Å². The predicted octanol–water partition coefficient (Wildman–Crippen LogP) is -0.373. The van der Waals surface area contributed by atoms with E-state index >= 15 is 0 Å². The van der Waals surface area contributed by atoms with Crippen molar-refractivity contribution in [2.75, 3.05) is 20.2 Å². The van der Waals surface area contributed by atoms with Crippen molar-refractivity contribution >= 4 is 11.8 Å². The minimum atomic E-state index is -0.590. The first kappa shape index (κ1) is 16.9. The molecule has 0 aliphatic rings. The third-order valence-electron chi connectivity index (χ3n) is 2.71. The van der Waals surface area contributed by atoms with E-state index in [4.69, 9.17) is 10.5 Å². The molecule has 0 saturated heterocycles. The van der Waals surface area contributed by atoms with Gasteiger partial charge in [-0.25, -0.2) is 0 Å². The molecule has 0 spiro atoms. The van der Waals surface area contributed by atoms with Gasteiger partial charge in [-0.2, -0.15) is 0 Å². The topological polar surface area (TPSA) is 93.5 Å². The summed E-state index contributed by atoms with van der Waals surface area (Å²) in [6, 6.07) is -0.590. The molecule has 0 unspecified atom stereocenters. The summed E-state index contributed by atoms with van der Waals surface area (Å²) in [4.78, 5) is 23.0. The van der Waals surface area contributed by atoms with Gasteiger partial charge in [0.2, 0.25) is 11.8 Å². The van der Waals surface area contributed by atoms with Crippen LogP contribution in [0.15, 0.2) is 0 Å². The van der Waals surface area contributed by atoms with Gasteiger partial charge in [-0.3, -0.25) is 9.59 Å². The molecule has 6 nitrogen and oxygen atoms in total. The smallest absolute Gasteiger partial charge is 0.239 e. The van der Waals surface area contributed by atoms with Gasteiger partial charge in [0.25, 0.3) is 0 Å². The highest BCUT2D eigenvalue weighted by Gasteiger charge is 2.19. The lowest BCUT2D eigenvalue weighted by atomic mass is 10.1. The highest BCUT2D eigenvalue weighted by atomic mass is 16.5. The Hall–Kier alpha value is -1.14. The van der Waals surface area contributed by atoms with E-state index in [1.807, 2.05) is 27.7 Å². The predicted molar refractivity (Wildman–Crippen MR) is 69.9 cm³/mol. The summed E-state index contributed by atoms with van der Waals surface area (Å²) in [6.45, 7) is 7.74. The molecule has 6 heteroatoms. The molecule has 0 fully saturated rings. The quantitative estimate of drug-likeness (QED) is 0.581. The number of amides is 2. The highest BCUT2D eigenvalue weighted by molar-refractivity contribution is 5.87. The molecule has 0 saturated carbocycles. The summed E-state index contributed by atoms with van der Waals surface area (Å²) in [5.41, 5.74) is 5.22. The largest absolute Gasteiger partial charge is 0.377 e. The monoisotopic (exact) mass is 259 g/mol. The lowest BCUT2D eigenvalue weighted by molar-refractivity contribution is -0.127. The van der Waals surface area contributed by atoms with Gasteiger partial charge in [0.1, 0.15) is 0 Å². The minimum absolute atomic E-state index is 0.0421. The maximum Gasteiger partial charge on any atom is 0.239 e. The first-order valence-corrected chi connectivity index (χ1v) is 6.04. The maximum absolute atomic E-state index is 11.5. The lowest BCUT2D eigenvalue weighted by Gasteiger charge is -2.23. The number of carbonyl (C=O) groups excluding carboxylic acids is 2. The number of hydrogen-bond donors (Lipinski definition) is 3. The van der Waals surface area contributed by atoms with Crippen molar-refractivity contribution in [3.63, 3.8) is 0 Å². The van der Waals surface area contributed by atoms with Crippen LogP contribution in [0.1, 0.15) is 27.7 Å². The van der Waals surface area contributed by atoms with Gasteiger partial charge in [-0.15, -0.1) is 0 Å². The van der Waals surface area contributed by atoms with Crippen LogP contribution < -0.4 is 16.4 Å². The van der Waals surface area contributed by atoms with E-state index < -0.39 is 11.6 Å². The molecule has 106 valence electrons. The van der Waals surface area contributed by atoms with Gasteiger partial charge < -0.3 is 21.1 Å². The van der Waals surface area contributed by atoms with Gasteiger partial charge in [-0.1, -0.05) is 13.8 Å². The number of hydrogen-bond acceptors (Lipinski definition) is 4. The Bertz CT molecular complexity index is 290. The molecular formula is C12H25N3O3. The van der Waals surface area contributed by atoms with Crippen molar-refractivity contribution in [2.45, 2.75) is 39.3 Å². The van der Waals surface area contributed by atoms with Crippen LogP contribution in [0.25, 0.3) is 0 Å². The Morgan fingerprint density at radius 2 is 1.83 bits per heavy atom. The second-order valence-corrected chi connectivity index (χ2v) is 5.23. The van der Waals surface area contributed by atoms with Crippen LogP contribution in [0.5, 0.6) is 0 Å². The average molecular weight is 259 g/mol. The van der Waals surface area contributed by atoms with Gasteiger partial charge in [0.05, 0.1) is 18.2 Å². The zero-order valence-electron chi connectivity index (χ0n) is 11.9. The zero-order valence-corrected chi connectivity index (χ0v) is 11.9. The van der Waals surface area contributed by atoms with E-state index in [1.54, 1.807) is 7.11 Å². The Morgan fingerprint density at radius 1 is 1.28 bits per heavy atom. The minimum Gasteiger partial charge on any atom is -0.377 e. The summed E-state index contributed by atoms with van der Waals surface area (Å²) < 4.78 is 5.16. The van der Waals surface area contributed by atoms with E-state index in [0.717, 1.165) is 0 Å². The Morgan fingerprint density at radius 3 is 2.28 bits per heavy atom. The zero-order chi connectivity index (χ0) is 14.3. The molecular weight excluding hydrogens is 234 g/mol. The molecule has 4 N–H and O–H groups in total. The molecule has 0 aromatic carbocycles. The average Bonchev–Trinajstić information content (AvgIpc) is 2.32. The standard InChI is InChI=1S/C12H25N3O3/c1-8(2)10(13)11(17)14-6-9(16)15-7-12(3,4)18-5/h8,10H,6-7,13H2,1-5H3,(H,14,17)(H,15,16)/t10-/m0/s1. The van der Waals surface area contributed by atoms with E-state index in [2.05, 4.69) is 10.6 Å². The molecule has 0 aliphatic heterocycles. The number of nitrogens with two attached hydrogens (primary N) is 1. The van der Waals surface area contributed by atoms with E-state index in [1.165, 1.54) is 0 Å². The summed E-state index contributed by atoms with van der Waals surface area (Å²) in [5.74, 6) is -0.531. The van der Waals surface area contributed by atoms with Crippen LogP contribution in [0, 0.1) is 5.92 Å². The fraction of sp³-hybridized carbons (Fsp3) is 0.833. The first-order valence-electron chi connectivity index (χ1n) is 6.04. The third-order valence-corrected chi connectivity index (χ3v) is 2.71. The van der Waals surface area contributed by atoms with Gasteiger partial charge in [-0.05, 0) is 19.8 Å². The summed E-state index contributed by atoms with van der Waals surface area (Å²) in [5, 5.41) is 5.18. The lowest BCUT2D eigenvalue weighted by Crippen LogP contribution is -2.48. The van der Waals surface area contributed by atoms with Crippen molar-refractivity contribution in [1.82, 2.24) is 10.6 Å². The molecule has 0 aromatic heterocycles. The molecule has 2 amide bonds. The van der Waals surface area contributed by atoms with E-state index in [-0.39, 0.29) is 24.3 Å². The Balaban J connectivity index is 3.95. The number of ether oxygens (including phenoxy) is 1. The van der Waals surface area contributed by atoms with Crippen LogP contribution >= 0.6 is 0 Å². The number of carbonyl (C=O) groups is 2. The molecule has 1 atom stereocenters. The van der Waals surface area contributed by atoms with Crippen LogP contribution in [0.3, 0.4) is 0 Å². The number of nitrogens with one attached hydrogen (secondary N) is 2. The molecule has 0 bridgehead atoms. The van der Waals surface area contributed by atoms with Gasteiger partial charge in [0, 0.05) is 13.7 Å². The van der Waals surface area contributed by atoms with Crippen molar-refractivity contribution in [2.24, 2.45) is 11.7 Å². The van der Waals surface area contributed by atoms with Crippen molar-refractivity contribution in [3.05, 3.63) is 0 Å². The Labute approximate surface area is 109 Å². The molecule has 0 radical (unpaired) electrons. The Kier molecular flexibility index (Phi) is 6.86. The van der Waals surface area contributed by atoms with Crippen molar-refractivity contribution in [3.8, 4) is 0 Å². The van der Waals surface area contributed by atoms with E-state index in [0.29, 0.717) is 6.54 Å². The number of methoxy groups -OCH3 is 1. The fourth-order valence-electron chi connectivity index (χ4n) is 1.03. The second-order valence-electron chi connectivity index (χ2n) is 5.23. The summed E-state index contributed by atoms with van der Waals surface area (Å²) in [7, 11) is 1.58. The SMILES string of the molecule is COC(C)(C)CNC(=O)CNC(=O)[C@@H](N)C(C)C. The van der Waals surface area contributed by atoms with E-state index in [9.17, 15) is 9.59 Å². The summed E-state index contributed by atoms with van der Waals surface area (Å²) in [6.07, 6.45) is 0. The molecule has 0 rings (SSSR count). The molecule has 0 aliphatic carbocycles. The third kappa shape index (κ3) is 6.56. The fourth-order valence-corrected chi connectivity index (χ4v) is 1.03. The van der Waals surface area contributed by atoms with Crippen LogP contribution in [-0.4, -0.2) is 43.7 Å². The van der Waals surface area contributed by atoms with Crippen molar-refractivity contribution in [1.29, 1.82) is 0 Å².